The fourth-order valence-electron chi connectivity index (χ4n) is 2.55. The number of halogens is 3. The van der Waals surface area contributed by atoms with Gasteiger partial charge in [0, 0.05) is 30.2 Å². The Morgan fingerprint density at radius 1 is 1.32 bits per heavy atom. The molecule has 25 heavy (non-hydrogen) atoms. The summed E-state index contributed by atoms with van der Waals surface area (Å²) >= 11 is 1.41. The van der Waals surface area contributed by atoms with Crippen LogP contribution >= 0.6 is 11.8 Å². The molecule has 2 heterocycles. The smallest absolute Gasteiger partial charge is 0.366 e. The largest absolute Gasteiger partial charge is 0.415 e. The van der Waals surface area contributed by atoms with Gasteiger partial charge >= 0.3 is 6.18 Å². The predicted octanol–water partition coefficient (Wildman–Crippen LogP) is 2.07. The molecule has 0 bridgehead atoms. The normalized spacial score (nSPS) is 22.8. The van der Waals surface area contributed by atoms with Crippen molar-refractivity contribution in [2.75, 3.05) is 30.8 Å². The summed E-state index contributed by atoms with van der Waals surface area (Å²) < 4.78 is 69.3. The summed E-state index contributed by atoms with van der Waals surface area (Å²) in [5.41, 5.74) is 0.356. The van der Waals surface area contributed by atoms with Gasteiger partial charge in [-0.1, -0.05) is 0 Å². The molecule has 1 amide bonds. The third kappa shape index (κ3) is 3.94. The van der Waals surface area contributed by atoms with Crippen molar-refractivity contribution in [1.82, 2.24) is 4.31 Å². The Kier molecular flexibility index (Phi) is 5.02. The summed E-state index contributed by atoms with van der Waals surface area (Å²) in [5, 5.41) is 2.62. The molecule has 0 radical (unpaired) electrons. The van der Waals surface area contributed by atoms with Gasteiger partial charge in [0.15, 0.2) is 6.10 Å². The monoisotopic (exact) mass is 396 g/mol. The van der Waals surface area contributed by atoms with Gasteiger partial charge in [-0.2, -0.15) is 17.5 Å². The summed E-state index contributed by atoms with van der Waals surface area (Å²) in [5.74, 6) is 0.339. The number of rotatable bonds is 2. The van der Waals surface area contributed by atoms with Crippen molar-refractivity contribution >= 4 is 33.4 Å². The Morgan fingerprint density at radius 2 is 2.08 bits per heavy atom. The fraction of sp³-hybridized carbons (Fsp3) is 0.500. The highest BCUT2D eigenvalue weighted by Gasteiger charge is 2.45. The Balaban J connectivity index is 1.89. The number of fused-ring (bicyclic) bond motifs is 1. The van der Waals surface area contributed by atoms with Crippen LogP contribution < -0.4 is 5.32 Å². The molecule has 1 aromatic rings. The molecule has 0 spiro atoms. The maximum atomic E-state index is 12.8. The van der Waals surface area contributed by atoms with Crippen molar-refractivity contribution in [3.63, 3.8) is 0 Å². The molecule has 1 aromatic carbocycles. The van der Waals surface area contributed by atoms with E-state index >= 15 is 0 Å². The molecule has 1 atom stereocenters. The lowest BCUT2D eigenvalue weighted by molar-refractivity contribution is -0.231. The van der Waals surface area contributed by atoms with Gasteiger partial charge in [0.25, 0.3) is 0 Å². The first-order valence-corrected chi connectivity index (χ1v) is 9.85. The van der Waals surface area contributed by atoms with Gasteiger partial charge in [-0.25, -0.2) is 8.42 Å². The topological polar surface area (TPSA) is 75.7 Å². The molecule has 0 aromatic heterocycles. The van der Waals surface area contributed by atoms with Gasteiger partial charge in [-0.15, -0.1) is 11.8 Å². The summed E-state index contributed by atoms with van der Waals surface area (Å²) in [7, 11) is -4.13. The molecule has 0 saturated carbocycles. The second-order valence-corrected chi connectivity index (χ2v) is 8.64. The van der Waals surface area contributed by atoms with Gasteiger partial charge < -0.3 is 10.1 Å². The number of morpholine rings is 1. The van der Waals surface area contributed by atoms with Crippen LogP contribution in [0.25, 0.3) is 0 Å². The lowest BCUT2D eigenvalue weighted by atomic mass is 10.3. The quantitative estimate of drug-likeness (QED) is 0.828. The first-order valence-electron chi connectivity index (χ1n) is 7.43. The number of sulfonamides is 1. The number of benzene rings is 1. The van der Waals surface area contributed by atoms with Crippen molar-refractivity contribution < 1.29 is 31.1 Å². The lowest BCUT2D eigenvalue weighted by Gasteiger charge is -2.33. The number of carbonyl (C=O) groups is 1. The Hall–Kier alpha value is -1.30. The van der Waals surface area contributed by atoms with Crippen LogP contribution in [0, 0.1) is 0 Å². The molecule has 0 unspecified atom stereocenters. The van der Waals surface area contributed by atoms with Crippen LogP contribution in [0.3, 0.4) is 0 Å². The standard InChI is InChI=1S/C14H15F3N2O4S2/c15-14(16,17)12-8-19(4-5-23-12)25(21,22)9-1-2-11-10(7-9)18-13(20)3-6-24-11/h1-2,7,12H,3-6,8H2,(H,18,20)/t12-/m0/s1. The van der Waals surface area contributed by atoms with Crippen molar-refractivity contribution in [2.24, 2.45) is 0 Å². The predicted molar refractivity (Wildman–Crippen MR) is 85.0 cm³/mol. The van der Waals surface area contributed by atoms with Gasteiger partial charge in [-0.3, -0.25) is 4.79 Å². The van der Waals surface area contributed by atoms with Crippen LogP contribution in [0.4, 0.5) is 18.9 Å². The molecule has 138 valence electrons. The second-order valence-electron chi connectivity index (χ2n) is 5.57. The average molecular weight is 396 g/mol. The van der Waals surface area contributed by atoms with E-state index in [0.29, 0.717) is 17.9 Å². The van der Waals surface area contributed by atoms with Crippen molar-refractivity contribution in [1.29, 1.82) is 0 Å². The summed E-state index contributed by atoms with van der Waals surface area (Å²) in [6, 6.07) is 4.19. The van der Waals surface area contributed by atoms with Crippen molar-refractivity contribution in [3.05, 3.63) is 18.2 Å². The number of alkyl halides is 3. The van der Waals surface area contributed by atoms with E-state index in [-0.39, 0.29) is 24.0 Å². The highest BCUT2D eigenvalue weighted by molar-refractivity contribution is 7.99. The van der Waals surface area contributed by atoms with E-state index in [1.54, 1.807) is 6.07 Å². The zero-order valence-corrected chi connectivity index (χ0v) is 14.5. The van der Waals surface area contributed by atoms with E-state index in [1.165, 1.54) is 23.9 Å². The zero-order chi connectivity index (χ0) is 18.2. The van der Waals surface area contributed by atoms with E-state index < -0.39 is 28.8 Å². The van der Waals surface area contributed by atoms with E-state index in [1.807, 2.05) is 0 Å². The van der Waals surface area contributed by atoms with E-state index in [2.05, 4.69) is 10.1 Å². The van der Waals surface area contributed by atoms with Gasteiger partial charge in [0.2, 0.25) is 15.9 Å². The Bertz CT molecular complexity index is 783. The molecule has 0 aliphatic carbocycles. The van der Waals surface area contributed by atoms with Gasteiger partial charge in [-0.05, 0) is 18.2 Å². The minimum atomic E-state index is -4.63. The SMILES string of the molecule is O=C1CCSc2ccc(S(=O)(=O)N3CCO[C@H](C(F)(F)F)C3)cc2N1. The molecular formula is C14H15F3N2O4S2. The average Bonchev–Trinajstić information content (AvgIpc) is 2.74. The minimum absolute atomic E-state index is 0.156. The maximum Gasteiger partial charge on any atom is 0.415 e. The third-order valence-electron chi connectivity index (χ3n) is 3.84. The molecular weight excluding hydrogens is 381 g/mol. The fourth-order valence-corrected chi connectivity index (χ4v) is 4.94. The second kappa shape index (κ2) is 6.78. The Labute approximate surface area is 146 Å². The van der Waals surface area contributed by atoms with Crippen LogP contribution in [0.1, 0.15) is 6.42 Å². The highest BCUT2D eigenvalue weighted by atomic mass is 32.2. The first-order chi connectivity index (χ1) is 11.7. The highest BCUT2D eigenvalue weighted by Crippen LogP contribution is 2.34. The maximum absolute atomic E-state index is 12.8. The van der Waals surface area contributed by atoms with Gasteiger partial charge in [0.05, 0.1) is 17.2 Å². The minimum Gasteiger partial charge on any atom is -0.366 e. The third-order valence-corrected chi connectivity index (χ3v) is 6.78. The van der Waals surface area contributed by atoms with Crippen LogP contribution in [0.5, 0.6) is 0 Å². The van der Waals surface area contributed by atoms with Crippen molar-refractivity contribution in [2.45, 2.75) is 28.5 Å². The van der Waals surface area contributed by atoms with E-state index in [0.717, 1.165) is 9.20 Å². The number of thioether (sulfide) groups is 1. The number of nitrogens with zero attached hydrogens (tertiary/aromatic N) is 1. The number of anilines is 1. The first kappa shape index (κ1) is 18.5. The van der Waals surface area contributed by atoms with Crippen LogP contribution in [0.2, 0.25) is 0 Å². The van der Waals surface area contributed by atoms with E-state index in [4.69, 9.17) is 0 Å². The molecule has 1 saturated heterocycles. The molecule has 1 fully saturated rings. The Morgan fingerprint density at radius 3 is 2.80 bits per heavy atom. The number of carbonyl (C=O) groups excluding carboxylic acids is 1. The van der Waals surface area contributed by atoms with Crippen LogP contribution in [-0.2, 0) is 19.6 Å². The van der Waals surface area contributed by atoms with E-state index in [9.17, 15) is 26.4 Å². The molecule has 3 rings (SSSR count). The molecule has 6 nitrogen and oxygen atoms in total. The summed E-state index contributed by atoms with van der Waals surface area (Å²) in [6.07, 6.45) is -6.47. The molecule has 1 N–H and O–H groups in total. The summed E-state index contributed by atoms with van der Waals surface area (Å²) in [6.45, 7) is -1.28. The number of hydrogen-bond donors (Lipinski definition) is 1. The lowest BCUT2D eigenvalue weighted by Crippen LogP contribution is -2.51. The number of nitrogens with one attached hydrogen (secondary N) is 1. The molecule has 11 heteroatoms. The van der Waals surface area contributed by atoms with Crippen molar-refractivity contribution in [3.8, 4) is 0 Å². The zero-order valence-electron chi connectivity index (χ0n) is 12.9. The molecule has 2 aliphatic heterocycles. The van der Waals surface area contributed by atoms with Gasteiger partial charge in [0.1, 0.15) is 0 Å². The number of hydrogen-bond acceptors (Lipinski definition) is 5. The number of ether oxygens (including phenoxy) is 1. The summed E-state index contributed by atoms with van der Waals surface area (Å²) in [4.78, 5) is 12.2. The number of amides is 1. The van der Waals surface area contributed by atoms with Crippen LogP contribution in [0.15, 0.2) is 28.0 Å². The molecule has 2 aliphatic rings. The van der Waals surface area contributed by atoms with Crippen LogP contribution in [-0.4, -0.2) is 56.4 Å².